The molecule has 1 aromatic heterocycles. The van der Waals surface area contributed by atoms with E-state index >= 15 is 0 Å². The molecule has 1 atom stereocenters. The molecule has 0 spiro atoms. The fourth-order valence-electron chi connectivity index (χ4n) is 1.70. The Morgan fingerprint density at radius 3 is 2.53 bits per heavy atom. The van der Waals surface area contributed by atoms with E-state index in [1.165, 1.54) is 8.45 Å². The first-order valence-electron chi connectivity index (χ1n) is 5.19. The van der Waals surface area contributed by atoms with Gasteiger partial charge in [-0.2, -0.15) is 0 Å². The Morgan fingerprint density at radius 1 is 1.35 bits per heavy atom. The fourth-order valence-corrected chi connectivity index (χ4v) is 3.66. The van der Waals surface area contributed by atoms with Gasteiger partial charge in [0.2, 0.25) is 0 Å². The Morgan fingerprint density at radius 2 is 2.00 bits per heavy atom. The van der Waals surface area contributed by atoms with Crippen molar-refractivity contribution in [1.82, 2.24) is 0 Å². The van der Waals surface area contributed by atoms with E-state index in [0.29, 0.717) is 6.42 Å². The highest BCUT2D eigenvalue weighted by molar-refractivity contribution is 14.1. The quantitative estimate of drug-likeness (QED) is 0.718. The summed E-state index contributed by atoms with van der Waals surface area (Å²) in [7, 11) is 0. The van der Waals surface area contributed by atoms with Crippen LogP contribution in [0.2, 0.25) is 0 Å². The summed E-state index contributed by atoms with van der Waals surface area (Å²) in [5.74, 6) is 0. The molecule has 0 aliphatic rings. The summed E-state index contributed by atoms with van der Waals surface area (Å²) in [5.41, 5.74) is 0.150. The van der Waals surface area contributed by atoms with Gasteiger partial charge in [-0.15, -0.1) is 11.3 Å². The molecule has 4 heteroatoms. The molecule has 1 nitrogen and oxygen atoms in total. The lowest BCUT2D eigenvalue weighted by atomic mass is 9.92. The van der Waals surface area contributed by atoms with Gasteiger partial charge in [0, 0.05) is 24.7 Å². The average Bonchev–Trinajstić information content (AvgIpc) is 2.63. The maximum atomic E-state index is 10.5. The van der Waals surface area contributed by atoms with E-state index in [2.05, 4.69) is 44.6 Å². The second-order valence-electron chi connectivity index (χ2n) is 4.19. The third kappa shape index (κ3) is 3.53. The van der Waals surface area contributed by atoms with Crippen molar-refractivity contribution in [2.45, 2.75) is 18.9 Å². The molecule has 0 aliphatic carbocycles. The number of thiophene rings is 1. The van der Waals surface area contributed by atoms with Gasteiger partial charge in [-0.05, 0) is 69.2 Å². The summed E-state index contributed by atoms with van der Waals surface area (Å²) in [6.07, 6.45) is 0.643. The minimum atomic E-state index is -0.811. The van der Waals surface area contributed by atoms with Crippen molar-refractivity contribution in [3.8, 4) is 0 Å². The largest absolute Gasteiger partial charge is 0.385 e. The molecular formula is C13H12BrIOS. The van der Waals surface area contributed by atoms with Crippen LogP contribution in [0.25, 0.3) is 0 Å². The maximum absolute atomic E-state index is 10.5. The van der Waals surface area contributed by atoms with Crippen LogP contribution in [0.1, 0.15) is 17.4 Å². The van der Waals surface area contributed by atoms with Crippen molar-refractivity contribution < 1.29 is 5.11 Å². The maximum Gasteiger partial charge on any atom is 0.0916 e. The molecule has 0 saturated heterocycles. The standard InChI is InChI=1S/C13H12BrIOS/c1-13(16,7-12-6-10(14)8-17-12)9-2-4-11(15)5-3-9/h2-6,8,16H,7H2,1H3. The van der Waals surface area contributed by atoms with E-state index < -0.39 is 5.60 Å². The van der Waals surface area contributed by atoms with Crippen LogP contribution in [0.15, 0.2) is 40.2 Å². The Labute approximate surface area is 127 Å². The molecule has 0 fully saturated rings. The Kier molecular flexibility index (Phi) is 4.28. The third-order valence-electron chi connectivity index (χ3n) is 2.61. The van der Waals surface area contributed by atoms with Gasteiger partial charge in [0.1, 0.15) is 0 Å². The molecule has 90 valence electrons. The SMILES string of the molecule is CC(O)(Cc1cc(Br)cs1)c1ccc(I)cc1. The minimum Gasteiger partial charge on any atom is -0.385 e. The van der Waals surface area contributed by atoms with Crippen molar-refractivity contribution in [1.29, 1.82) is 0 Å². The number of hydrogen-bond acceptors (Lipinski definition) is 2. The van der Waals surface area contributed by atoms with Gasteiger partial charge < -0.3 is 5.11 Å². The average molecular weight is 423 g/mol. The zero-order chi connectivity index (χ0) is 12.5. The van der Waals surface area contributed by atoms with Crippen molar-refractivity contribution in [2.24, 2.45) is 0 Å². The van der Waals surface area contributed by atoms with Gasteiger partial charge in [-0.3, -0.25) is 0 Å². The molecule has 1 aromatic carbocycles. The van der Waals surface area contributed by atoms with Crippen LogP contribution in [0.5, 0.6) is 0 Å². The van der Waals surface area contributed by atoms with Crippen LogP contribution in [-0.2, 0) is 12.0 Å². The summed E-state index contributed by atoms with van der Waals surface area (Å²) < 4.78 is 2.26. The Bertz CT molecular complexity index is 504. The van der Waals surface area contributed by atoms with E-state index in [-0.39, 0.29) is 0 Å². The first-order chi connectivity index (χ1) is 7.97. The highest BCUT2D eigenvalue weighted by Gasteiger charge is 2.24. The van der Waals surface area contributed by atoms with Crippen molar-refractivity contribution in [3.63, 3.8) is 0 Å². The minimum absolute atomic E-state index is 0.643. The van der Waals surface area contributed by atoms with Crippen molar-refractivity contribution in [3.05, 3.63) is 54.2 Å². The molecule has 0 saturated carbocycles. The highest BCUT2D eigenvalue weighted by atomic mass is 127. The van der Waals surface area contributed by atoms with E-state index in [1.54, 1.807) is 11.3 Å². The monoisotopic (exact) mass is 422 g/mol. The number of halogens is 2. The molecule has 0 aliphatic heterocycles. The van der Waals surface area contributed by atoms with Crippen LogP contribution in [0.3, 0.4) is 0 Å². The van der Waals surface area contributed by atoms with Gasteiger partial charge in [0.15, 0.2) is 0 Å². The molecule has 0 radical (unpaired) electrons. The summed E-state index contributed by atoms with van der Waals surface area (Å²) in [4.78, 5) is 1.18. The van der Waals surface area contributed by atoms with E-state index in [1.807, 2.05) is 36.6 Å². The van der Waals surface area contributed by atoms with Crippen LogP contribution in [0.4, 0.5) is 0 Å². The lowest BCUT2D eigenvalue weighted by Gasteiger charge is -2.23. The zero-order valence-electron chi connectivity index (χ0n) is 9.28. The molecule has 1 N–H and O–H groups in total. The molecular weight excluding hydrogens is 411 g/mol. The smallest absolute Gasteiger partial charge is 0.0916 e. The van der Waals surface area contributed by atoms with E-state index in [9.17, 15) is 5.11 Å². The summed E-state index contributed by atoms with van der Waals surface area (Å²) in [6, 6.07) is 10.1. The topological polar surface area (TPSA) is 20.2 Å². The first kappa shape index (κ1) is 13.5. The normalized spacial score (nSPS) is 14.6. The van der Waals surface area contributed by atoms with Gasteiger partial charge in [-0.1, -0.05) is 12.1 Å². The number of rotatable bonds is 3. The van der Waals surface area contributed by atoms with Crippen LogP contribution in [-0.4, -0.2) is 5.11 Å². The van der Waals surface area contributed by atoms with Crippen molar-refractivity contribution in [2.75, 3.05) is 0 Å². The highest BCUT2D eigenvalue weighted by Crippen LogP contribution is 2.29. The Balaban J connectivity index is 2.21. The number of aliphatic hydroxyl groups is 1. The molecule has 1 heterocycles. The van der Waals surface area contributed by atoms with Crippen LogP contribution in [0, 0.1) is 3.57 Å². The lowest BCUT2D eigenvalue weighted by Crippen LogP contribution is -2.23. The van der Waals surface area contributed by atoms with E-state index in [0.717, 1.165) is 10.0 Å². The Hall–Kier alpha value is 0.0900. The fraction of sp³-hybridized carbons (Fsp3) is 0.231. The predicted octanol–water partition coefficient (Wildman–Crippen LogP) is 4.57. The van der Waals surface area contributed by atoms with Gasteiger partial charge in [-0.25, -0.2) is 0 Å². The molecule has 17 heavy (non-hydrogen) atoms. The number of benzene rings is 1. The third-order valence-corrected chi connectivity index (χ3v) is 5.02. The van der Waals surface area contributed by atoms with Gasteiger partial charge in [0.25, 0.3) is 0 Å². The van der Waals surface area contributed by atoms with Gasteiger partial charge in [0.05, 0.1) is 5.60 Å². The molecule has 2 rings (SSSR count). The van der Waals surface area contributed by atoms with Crippen molar-refractivity contribution >= 4 is 49.9 Å². The zero-order valence-corrected chi connectivity index (χ0v) is 13.8. The van der Waals surface area contributed by atoms with Crippen LogP contribution < -0.4 is 0 Å². The number of hydrogen-bond donors (Lipinski definition) is 1. The lowest BCUT2D eigenvalue weighted by molar-refractivity contribution is 0.0584. The van der Waals surface area contributed by atoms with Crippen LogP contribution >= 0.6 is 49.9 Å². The molecule has 2 aromatic rings. The molecule has 0 bridgehead atoms. The summed E-state index contributed by atoms with van der Waals surface area (Å²) >= 11 is 7.36. The predicted molar refractivity (Wildman–Crippen MR) is 84.5 cm³/mol. The second-order valence-corrected chi connectivity index (χ2v) is 7.35. The van der Waals surface area contributed by atoms with Gasteiger partial charge >= 0.3 is 0 Å². The molecule has 0 amide bonds. The molecule has 1 unspecified atom stereocenters. The second kappa shape index (κ2) is 5.38. The first-order valence-corrected chi connectivity index (χ1v) is 7.94. The summed E-state index contributed by atoms with van der Waals surface area (Å²) in [5, 5.41) is 12.6. The summed E-state index contributed by atoms with van der Waals surface area (Å²) in [6.45, 7) is 1.86. The van der Waals surface area contributed by atoms with E-state index in [4.69, 9.17) is 0 Å².